The Morgan fingerprint density at radius 2 is 1.68 bits per heavy atom. The van der Waals surface area contributed by atoms with E-state index in [9.17, 15) is 0 Å². The first-order valence-corrected chi connectivity index (χ1v) is 6.68. The fourth-order valence-corrected chi connectivity index (χ4v) is 2.10. The van der Waals surface area contributed by atoms with Crippen LogP contribution in [-0.2, 0) is 6.42 Å². The van der Waals surface area contributed by atoms with Gasteiger partial charge in [0.25, 0.3) is 0 Å². The van der Waals surface area contributed by atoms with E-state index in [2.05, 4.69) is 11.9 Å². The highest BCUT2D eigenvalue weighted by Gasteiger charge is 2.12. The Morgan fingerprint density at radius 3 is 2.32 bits per heavy atom. The fourth-order valence-electron chi connectivity index (χ4n) is 2.10. The first kappa shape index (κ1) is 13.5. The lowest BCUT2D eigenvalue weighted by Crippen LogP contribution is -2.02. The van der Waals surface area contributed by atoms with Crippen LogP contribution >= 0.6 is 0 Å². The molecule has 0 saturated heterocycles. The van der Waals surface area contributed by atoms with Crippen LogP contribution in [0.2, 0.25) is 0 Å². The molecule has 0 aliphatic rings. The van der Waals surface area contributed by atoms with Crippen molar-refractivity contribution in [2.24, 2.45) is 0 Å². The van der Waals surface area contributed by atoms with Crippen molar-refractivity contribution in [2.75, 3.05) is 18.9 Å². The normalized spacial score (nSPS) is 10.7. The van der Waals surface area contributed by atoms with Crippen LogP contribution in [0.5, 0.6) is 11.5 Å². The molecule has 0 spiro atoms. The number of nitrogen functional groups attached to an aromatic ring is 1. The molecule has 1 heterocycles. The van der Waals surface area contributed by atoms with Crippen molar-refractivity contribution in [3.8, 4) is 11.5 Å². The number of hydrogen-bond donors (Lipinski definition) is 1. The van der Waals surface area contributed by atoms with Crippen LogP contribution in [0.25, 0.3) is 10.9 Å². The van der Waals surface area contributed by atoms with Gasteiger partial charge in [-0.15, -0.1) is 0 Å². The quantitative estimate of drug-likeness (QED) is 0.897. The third-order valence-electron chi connectivity index (χ3n) is 3.00. The molecule has 0 unspecified atom stereocenters. The van der Waals surface area contributed by atoms with E-state index in [1.54, 1.807) is 0 Å². The number of nitrogens with two attached hydrogens (primary N) is 1. The standard InChI is InChI=1S/C15H20N2O2/c1-4-10-9-11-12(18-5-2)7-8-13(19-6-3)14(11)17-15(10)16/h7-9H,4-6H2,1-3H3,(H2,16,17). The van der Waals surface area contributed by atoms with Crippen LogP contribution in [0.1, 0.15) is 26.3 Å². The van der Waals surface area contributed by atoms with E-state index in [0.29, 0.717) is 19.0 Å². The Balaban J connectivity index is 2.69. The molecule has 1 aromatic heterocycles. The molecule has 0 bridgehead atoms. The lowest BCUT2D eigenvalue weighted by molar-refractivity contribution is 0.336. The van der Waals surface area contributed by atoms with E-state index in [1.165, 1.54) is 0 Å². The summed E-state index contributed by atoms with van der Waals surface area (Å²) in [6.45, 7) is 7.20. The molecular weight excluding hydrogens is 240 g/mol. The number of aryl methyl sites for hydroxylation is 1. The molecule has 0 aliphatic heterocycles. The summed E-state index contributed by atoms with van der Waals surface area (Å²) >= 11 is 0. The lowest BCUT2D eigenvalue weighted by atomic mass is 10.1. The van der Waals surface area contributed by atoms with Crippen LogP contribution in [-0.4, -0.2) is 18.2 Å². The second-order valence-electron chi connectivity index (χ2n) is 4.21. The summed E-state index contributed by atoms with van der Waals surface area (Å²) in [6, 6.07) is 5.86. The van der Waals surface area contributed by atoms with Crippen LogP contribution in [0.4, 0.5) is 5.82 Å². The molecule has 2 N–H and O–H groups in total. The molecule has 102 valence electrons. The molecule has 2 aromatic rings. The molecule has 4 heteroatoms. The highest BCUT2D eigenvalue weighted by atomic mass is 16.5. The molecule has 1 aromatic carbocycles. The summed E-state index contributed by atoms with van der Waals surface area (Å²) in [7, 11) is 0. The monoisotopic (exact) mass is 260 g/mol. The van der Waals surface area contributed by atoms with E-state index < -0.39 is 0 Å². The summed E-state index contributed by atoms with van der Waals surface area (Å²) in [5, 5.41) is 0.957. The van der Waals surface area contributed by atoms with Crippen molar-refractivity contribution in [3.63, 3.8) is 0 Å². The van der Waals surface area contributed by atoms with E-state index in [1.807, 2.05) is 32.0 Å². The molecule has 2 rings (SSSR count). The molecule has 0 amide bonds. The largest absolute Gasteiger partial charge is 0.493 e. The van der Waals surface area contributed by atoms with E-state index >= 15 is 0 Å². The number of hydrogen-bond acceptors (Lipinski definition) is 4. The van der Waals surface area contributed by atoms with E-state index in [0.717, 1.165) is 34.4 Å². The number of anilines is 1. The van der Waals surface area contributed by atoms with Crippen molar-refractivity contribution >= 4 is 16.7 Å². The van der Waals surface area contributed by atoms with Gasteiger partial charge in [-0.05, 0) is 44.0 Å². The van der Waals surface area contributed by atoms with Gasteiger partial charge in [0.2, 0.25) is 0 Å². The average Bonchev–Trinajstić information content (AvgIpc) is 2.41. The lowest BCUT2D eigenvalue weighted by Gasteiger charge is -2.13. The first-order chi connectivity index (χ1) is 9.21. The zero-order valence-corrected chi connectivity index (χ0v) is 11.7. The second-order valence-corrected chi connectivity index (χ2v) is 4.21. The van der Waals surface area contributed by atoms with Crippen molar-refractivity contribution in [1.29, 1.82) is 0 Å². The number of aromatic nitrogens is 1. The number of nitrogens with zero attached hydrogens (tertiary/aromatic N) is 1. The van der Waals surface area contributed by atoms with Gasteiger partial charge in [-0.2, -0.15) is 0 Å². The summed E-state index contributed by atoms with van der Waals surface area (Å²) in [5.74, 6) is 2.13. The zero-order valence-electron chi connectivity index (χ0n) is 11.7. The third-order valence-corrected chi connectivity index (χ3v) is 3.00. The number of benzene rings is 1. The van der Waals surface area contributed by atoms with Crippen LogP contribution in [0, 0.1) is 0 Å². The Hall–Kier alpha value is -1.97. The summed E-state index contributed by atoms with van der Waals surface area (Å²) in [6.07, 6.45) is 0.846. The van der Waals surface area contributed by atoms with Crippen LogP contribution in [0.15, 0.2) is 18.2 Å². The number of ether oxygens (including phenoxy) is 2. The highest BCUT2D eigenvalue weighted by molar-refractivity contribution is 5.92. The predicted molar refractivity (Wildman–Crippen MR) is 77.9 cm³/mol. The third kappa shape index (κ3) is 2.57. The Bertz CT molecular complexity index is 582. The van der Waals surface area contributed by atoms with Crippen molar-refractivity contribution in [3.05, 3.63) is 23.8 Å². The number of rotatable bonds is 5. The predicted octanol–water partition coefficient (Wildman–Crippen LogP) is 3.18. The van der Waals surface area contributed by atoms with E-state index in [-0.39, 0.29) is 0 Å². The molecule has 0 fully saturated rings. The smallest absolute Gasteiger partial charge is 0.145 e. The minimum Gasteiger partial charge on any atom is -0.493 e. The fraction of sp³-hybridized carbons (Fsp3) is 0.400. The molecule has 0 atom stereocenters. The van der Waals surface area contributed by atoms with Gasteiger partial charge in [-0.3, -0.25) is 0 Å². The second kappa shape index (κ2) is 5.78. The summed E-state index contributed by atoms with van der Waals surface area (Å²) < 4.78 is 11.3. The Kier molecular flexibility index (Phi) is 4.10. The van der Waals surface area contributed by atoms with E-state index in [4.69, 9.17) is 15.2 Å². The van der Waals surface area contributed by atoms with Gasteiger partial charge in [0.05, 0.1) is 13.2 Å². The Morgan fingerprint density at radius 1 is 1.05 bits per heavy atom. The SMILES string of the molecule is CCOc1ccc(OCC)c2nc(N)c(CC)cc12. The van der Waals surface area contributed by atoms with Gasteiger partial charge in [-0.25, -0.2) is 4.98 Å². The van der Waals surface area contributed by atoms with Gasteiger partial charge in [-0.1, -0.05) is 6.92 Å². The van der Waals surface area contributed by atoms with Gasteiger partial charge < -0.3 is 15.2 Å². The number of pyridine rings is 1. The van der Waals surface area contributed by atoms with Crippen LogP contribution in [0.3, 0.4) is 0 Å². The molecule has 19 heavy (non-hydrogen) atoms. The highest BCUT2D eigenvalue weighted by Crippen LogP contribution is 2.34. The van der Waals surface area contributed by atoms with Gasteiger partial charge >= 0.3 is 0 Å². The first-order valence-electron chi connectivity index (χ1n) is 6.68. The molecular formula is C15H20N2O2. The minimum absolute atomic E-state index is 0.560. The van der Waals surface area contributed by atoms with Crippen LogP contribution < -0.4 is 15.2 Å². The maximum absolute atomic E-state index is 5.98. The topological polar surface area (TPSA) is 57.4 Å². The van der Waals surface area contributed by atoms with Crippen molar-refractivity contribution in [2.45, 2.75) is 27.2 Å². The average molecular weight is 260 g/mol. The molecule has 0 saturated carbocycles. The van der Waals surface area contributed by atoms with Gasteiger partial charge in [0.1, 0.15) is 22.8 Å². The van der Waals surface area contributed by atoms with Crippen molar-refractivity contribution < 1.29 is 9.47 Å². The van der Waals surface area contributed by atoms with Gasteiger partial charge in [0.15, 0.2) is 0 Å². The molecule has 0 aliphatic carbocycles. The molecule has 0 radical (unpaired) electrons. The zero-order chi connectivity index (χ0) is 13.8. The Labute approximate surface area is 113 Å². The number of fused-ring (bicyclic) bond motifs is 1. The maximum Gasteiger partial charge on any atom is 0.145 e. The van der Waals surface area contributed by atoms with Crippen molar-refractivity contribution in [1.82, 2.24) is 4.98 Å². The molecule has 4 nitrogen and oxygen atoms in total. The minimum atomic E-state index is 0.560. The summed E-state index contributed by atoms with van der Waals surface area (Å²) in [5.41, 5.74) is 7.77. The summed E-state index contributed by atoms with van der Waals surface area (Å²) in [4.78, 5) is 4.48. The maximum atomic E-state index is 5.98. The van der Waals surface area contributed by atoms with Gasteiger partial charge in [0, 0.05) is 5.39 Å².